The number of nitrogens with one attached hydrogen (secondary N) is 1. The van der Waals surface area contributed by atoms with Crippen LogP contribution in [0.4, 0.5) is 0 Å². The van der Waals surface area contributed by atoms with Crippen LogP contribution in [0.25, 0.3) is 0 Å². The minimum Gasteiger partial charge on any atom is -0.469 e. The Balaban J connectivity index is 1.93. The molecule has 1 saturated carbocycles. The maximum Gasteiger partial charge on any atom is 0.307 e. The van der Waals surface area contributed by atoms with E-state index in [1.54, 1.807) is 0 Å². The summed E-state index contributed by atoms with van der Waals surface area (Å²) in [5, 5.41) is 3.36. The van der Waals surface area contributed by atoms with Crippen molar-refractivity contribution in [3.05, 3.63) is 0 Å². The molecule has 1 spiro atoms. The molecule has 0 aromatic rings. The Kier molecular flexibility index (Phi) is 5.25. The van der Waals surface area contributed by atoms with Gasteiger partial charge in [0.15, 0.2) is 0 Å². The van der Waals surface area contributed by atoms with Gasteiger partial charge in [-0.25, -0.2) is 0 Å². The van der Waals surface area contributed by atoms with Crippen molar-refractivity contribution in [2.75, 3.05) is 33.3 Å². The van der Waals surface area contributed by atoms with Crippen LogP contribution < -0.4 is 5.32 Å². The second-order valence-electron chi connectivity index (χ2n) is 6.87. The maximum atomic E-state index is 12.8. The first kappa shape index (κ1) is 16.3. The predicted octanol–water partition coefficient (Wildman–Crippen LogP) is 1.42. The second-order valence-corrected chi connectivity index (χ2v) is 6.87. The Hall–Kier alpha value is -1.10. The molecular weight excluding hydrogens is 268 g/mol. The zero-order chi connectivity index (χ0) is 15.5. The van der Waals surface area contributed by atoms with Crippen LogP contribution in [0, 0.1) is 17.3 Å². The molecule has 0 radical (unpaired) electrons. The van der Waals surface area contributed by atoms with E-state index >= 15 is 0 Å². The number of hydrogen-bond donors (Lipinski definition) is 1. The summed E-state index contributed by atoms with van der Waals surface area (Å²) in [4.78, 5) is 26.0. The van der Waals surface area contributed by atoms with E-state index in [-0.39, 0.29) is 29.6 Å². The zero-order valence-electron chi connectivity index (χ0n) is 13.5. The SMILES string of the molecule is COC(=O)CCN(CC(C)C)C(=O)C1CC12CCNCC2. The number of rotatable bonds is 6. The van der Waals surface area contributed by atoms with Crippen LogP contribution in [-0.2, 0) is 14.3 Å². The highest BCUT2D eigenvalue weighted by Crippen LogP contribution is 2.59. The predicted molar refractivity (Wildman–Crippen MR) is 80.7 cm³/mol. The first-order valence-corrected chi connectivity index (χ1v) is 8.05. The zero-order valence-corrected chi connectivity index (χ0v) is 13.5. The molecule has 5 heteroatoms. The fraction of sp³-hybridized carbons (Fsp3) is 0.875. The maximum absolute atomic E-state index is 12.8. The van der Waals surface area contributed by atoms with Gasteiger partial charge in [-0.2, -0.15) is 0 Å². The van der Waals surface area contributed by atoms with E-state index in [1.165, 1.54) is 7.11 Å². The Morgan fingerprint density at radius 2 is 2.00 bits per heavy atom. The molecule has 0 aromatic heterocycles. The van der Waals surface area contributed by atoms with Gasteiger partial charge in [-0.15, -0.1) is 0 Å². The highest BCUT2D eigenvalue weighted by atomic mass is 16.5. The molecule has 21 heavy (non-hydrogen) atoms. The fourth-order valence-electron chi connectivity index (χ4n) is 3.46. The highest BCUT2D eigenvalue weighted by molar-refractivity contribution is 5.83. The van der Waals surface area contributed by atoms with Gasteiger partial charge in [0, 0.05) is 19.0 Å². The fourth-order valence-corrected chi connectivity index (χ4v) is 3.46. The number of nitrogens with zero attached hydrogens (tertiary/aromatic N) is 1. The molecule has 2 aliphatic rings. The lowest BCUT2D eigenvalue weighted by molar-refractivity contribution is -0.142. The monoisotopic (exact) mass is 296 g/mol. The molecule has 1 aliphatic heterocycles. The molecule has 1 unspecified atom stereocenters. The van der Waals surface area contributed by atoms with Crippen molar-refractivity contribution in [2.45, 2.75) is 39.5 Å². The Morgan fingerprint density at radius 3 is 2.57 bits per heavy atom. The first-order chi connectivity index (χ1) is 9.98. The number of hydrogen-bond acceptors (Lipinski definition) is 4. The van der Waals surface area contributed by atoms with E-state index in [0.717, 1.165) is 38.9 Å². The van der Waals surface area contributed by atoms with Gasteiger partial charge < -0.3 is 15.0 Å². The van der Waals surface area contributed by atoms with Crippen LogP contribution in [-0.4, -0.2) is 50.1 Å². The first-order valence-electron chi connectivity index (χ1n) is 8.05. The number of amides is 1. The highest BCUT2D eigenvalue weighted by Gasteiger charge is 2.58. The van der Waals surface area contributed by atoms with E-state index in [2.05, 4.69) is 23.9 Å². The molecule has 1 amide bonds. The smallest absolute Gasteiger partial charge is 0.307 e. The van der Waals surface area contributed by atoms with Gasteiger partial charge in [-0.1, -0.05) is 13.8 Å². The quantitative estimate of drug-likeness (QED) is 0.753. The number of carbonyl (C=O) groups excluding carboxylic acids is 2. The Morgan fingerprint density at radius 1 is 1.33 bits per heavy atom. The summed E-state index contributed by atoms with van der Waals surface area (Å²) >= 11 is 0. The van der Waals surface area contributed by atoms with E-state index in [9.17, 15) is 9.59 Å². The van der Waals surface area contributed by atoms with Crippen molar-refractivity contribution in [2.24, 2.45) is 17.3 Å². The van der Waals surface area contributed by atoms with Crippen LogP contribution in [0.2, 0.25) is 0 Å². The second kappa shape index (κ2) is 6.77. The van der Waals surface area contributed by atoms with Gasteiger partial charge in [-0.3, -0.25) is 9.59 Å². The third-order valence-corrected chi connectivity index (χ3v) is 4.80. The largest absolute Gasteiger partial charge is 0.469 e. The molecule has 1 aliphatic carbocycles. The summed E-state index contributed by atoms with van der Waals surface area (Å²) in [5.74, 6) is 0.587. The summed E-state index contributed by atoms with van der Waals surface area (Å²) < 4.78 is 4.69. The molecule has 1 saturated heterocycles. The van der Waals surface area contributed by atoms with Crippen LogP contribution in [0.15, 0.2) is 0 Å². The Bertz CT molecular complexity index is 389. The molecule has 1 atom stereocenters. The molecule has 1 N–H and O–H groups in total. The van der Waals surface area contributed by atoms with Crippen LogP contribution in [0.1, 0.15) is 39.5 Å². The molecule has 1 heterocycles. The van der Waals surface area contributed by atoms with Gasteiger partial charge in [0.05, 0.1) is 13.5 Å². The number of esters is 1. The molecule has 0 aromatic carbocycles. The van der Waals surface area contributed by atoms with Crippen molar-refractivity contribution in [3.63, 3.8) is 0 Å². The normalized spacial score (nSPS) is 23.1. The summed E-state index contributed by atoms with van der Waals surface area (Å²) in [5.41, 5.74) is 0.253. The molecule has 0 bridgehead atoms. The van der Waals surface area contributed by atoms with Gasteiger partial charge in [0.2, 0.25) is 5.91 Å². The Labute approximate surface area is 127 Å². The van der Waals surface area contributed by atoms with Gasteiger partial charge in [0.25, 0.3) is 0 Å². The van der Waals surface area contributed by atoms with Crippen molar-refractivity contribution >= 4 is 11.9 Å². The van der Waals surface area contributed by atoms with Crippen molar-refractivity contribution in [1.82, 2.24) is 10.2 Å². The third-order valence-electron chi connectivity index (χ3n) is 4.80. The lowest BCUT2D eigenvalue weighted by atomic mass is 9.91. The third kappa shape index (κ3) is 3.96. The molecule has 5 nitrogen and oxygen atoms in total. The van der Waals surface area contributed by atoms with E-state index in [0.29, 0.717) is 12.5 Å². The average Bonchev–Trinajstić information content (AvgIpc) is 3.15. The van der Waals surface area contributed by atoms with Crippen molar-refractivity contribution in [3.8, 4) is 0 Å². The molecule has 2 fully saturated rings. The number of carbonyl (C=O) groups is 2. The van der Waals surface area contributed by atoms with Crippen LogP contribution in [0.3, 0.4) is 0 Å². The number of piperidine rings is 1. The van der Waals surface area contributed by atoms with Gasteiger partial charge in [-0.05, 0) is 43.7 Å². The molecular formula is C16H28N2O3. The van der Waals surface area contributed by atoms with E-state index in [1.807, 2.05) is 4.90 Å². The van der Waals surface area contributed by atoms with Gasteiger partial charge >= 0.3 is 5.97 Å². The summed E-state index contributed by atoms with van der Waals surface area (Å²) in [6, 6.07) is 0. The lowest BCUT2D eigenvalue weighted by Crippen LogP contribution is -2.39. The summed E-state index contributed by atoms with van der Waals surface area (Å²) in [6.45, 7) is 7.46. The van der Waals surface area contributed by atoms with Crippen LogP contribution in [0.5, 0.6) is 0 Å². The van der Waals surface area contributed by atoms with E-state index in [4.69, 9.17) is 0 Å². The summed E-state index contributed by atoms with van der Waals surface area (Å²) in [7, 11) is 1.39. The number of ether oxygens (including phenoxy) is 1. The minimum atomic E-state index is -0.246. The number of methoxy groups -OCH3 is 1. The summed E-state index contributed by atoms with van der Waals surface area (Å²) in [6.07, 6.45) is 3.53. The molecule has 120 valence electrons. The van der Waals surface area contributed by atoms with E-state index < -0.39 is 0 Å². The standard InChI is InChI=1S/C16H28N2O3/c1-12(2)11-18(9-4-14(19)21-3)15(20)13-10-16(13)5-7-17-8-6-16/h12-13,17H,4-11H2,1-3H3. The lowest BCUT2D eigenvalue weighted by Gasteiger charge is -2.28. The minimum absolute atomic E-state index is 0.177. The van der Waals surface area contributed by atoms with Crippen molar-refractivity contribution in [1.29, 1.82) is 0 Å². The topological polar surface area (TPSA) is 58.6 Å². The van der Waals surface area contributed by atoms with Crippen LogP contribution >= 0.6 is 0 Å². The molecule has 2 rings (SSSR count). The van der Waals surface area contributed by atoms with Crippen molar-refractivity contribution < 1.29 is 14.3 Å². The average molecular weight is 296 g/mol. The van der Waals surface area contributed by atoms with Gasteiger partial charge in [0.1, 0.15) is 0 Å².